The maximum absolute atomic E-state index is 4.04. The van der Waals surface area contributed by atoms with Gasteiger partial charge in [-0.1, -0.05) is 28.1 Å². The molecule has 0 spiro atoms. The summed E-state index contributed by atoms with van der Waals surface area (Å²) in [4.78, 5) is 0. The van der Waals surface area contributed by atoms with E-state index in [2.05, 4.69) is 32.2 Å². The first kappa shape index (κ1) is 6.98. The molecule has 0 amide bonds. The molecule has 0 bridgehead atoms. The minimum atomic E-state index is 0.330. The van der Waals surface area contributed by atoms with Gasteiger partial charge in [0.05, 0.1) is 17.3 Å². The molecule has 0 saturated carbocycles. The molecule has 0 fully saturated rings. The second-order valence-electron chi connectivity index (χ2n) is 2.63. The van der Waals surface area contributed by atoms with E-state index in [0.29, 0.717) is 5.92 Å². The number of hydrogen-bond acceptors (Lipinski definition) is 2. The van der Waals surface area contributed by atoms with Gasteiger partial charge in [0.1, 0.15) is 0 Å². The molecule has 0 unspecified atom stereocenters. The summed E-state index contributed by atoms with van der Waals surface area (Å²) in [5.41, 5.74) is 2.12. The summed E-state index contributed by atoms with van der Waals surface area (Å²) in [6, 6.07) is 0. The molecule has 2 rings (SSSR count). The van der Waals surface area contributed by atoms with Gasteiger partial charge in [-0.25, -0.2) is 0 Å². The van der Waals surface area contributed by atoms with Gasteiger partial charge in [0.2, 0.25) is 0 Å². The minimum Gasteiger partial charge on any atom is -0.159 e. The van der Waals surface area contributed by atoms with Crippen molar-refractivity contribution in [1.29, 1.82) is 0 Å². The van der Waals surface area contributed by atoms with E-state index in [-0.39, 0.29) is 0 Å². The van der Waals surface area contributed by atoms with Crippen molar-refractivity contribution < 1.29 is 0 Å². The zero-order valence-corrected chi connectivity index (χ0v) is 7.67. The fourth-order valence-corrected chi connectivity index (χ4v) is 1.60. The Hall–Kier alpha value is -0.700. The summed E-state index contributed by atoms with van der Waals surface area (Å²) in [7, 11) is 0. The van der Waals surface area contributed by atoms with E-state index in [4.69, 9.17) is 0 Å². The summed E-state index contributed by atoms with van der Waals surface area (Å²) in [5.74, 6) is 0.330. The van der Waals surface area contributed by atoms with Crippen LogP contribution in [-0.4, -0.2) is 11.4 Å². The Morgan fingerprint density at radius 3 is 3.09 bits per heavy atom. The number of fused-ring (bicyclic) bond motifs is 1. The maximum atomic E-state index is 4.04. The molecule has 56 valence electrons. The molecule has 0 aromatic rings. The Bertz CT molecular complexity index is 310. The number of halogens is 1. The van der Waals surface area contributed by atoms with Crippen molar-refractivity contribution in [3.8, 4) is 0 Å². The van der Waals surface area contributed by atoms with Gasteiger partial charge >= 0.3 is 0 Å². The van der Waals surface area contributed by atoms with Crippen LogP contribution in [0.3, 0.4) is 0 Å². The molecule has 2 aliphatic rings. The SMILES string of the molecule is CC1=NN=C2C=C(Br)C=C[C@H]12. The van der Waals surface area contributed by atoms with Crippen molar-refractivity contribution in [2.45, 2.75) is 6.92 Å². The molecule has 1 atom stereocenters. The number of allylic oxidation sites excluding steroid dienone is 4. The molecule has 0 saturated heterocycles. The molecule has 1 heterocycles. The molecular weight excluding hydrogens is 204 g/mol. The Morgan fingerprint density at radius 1 is 1.45 bits per heavy atom. The van der Waals surface area contributed by atoms with Crippen LogP contribution in [-0.2, 0) is 0 Å². The molecule has 0 radical (unpaired) electrons. The standard InChI is InChI=1S/C8H7BrN2/c1-5-7-3-2-6(9)4-8(7)11-10-5/h2-4,7H,1H3/t7-/m1/s1. The Balaban J connectivity index is 2.38. The predicted octanol–water partition coefficient (Wildman–Crippen LogP) is 2.28. The summed E-state index contributed by atoms with van der Waals surface area (Å²) < 4.78 is 1.07. The Morgan fingerprint density at radius 2 is 2.27 bits per heavy atom. The predicted molar refractivity (Wildman–Crippen MR) is 50.2 cm³/mol. The monoisotopic (exact) mass is 210 g/mol. The largest absolute Gasteiger partial charge is 0.159 e. The average molecular weight is 211 g/mol. The molecular formula is C8H7BrN2. The number of nitrogens with zero attached hydrogens (tertiary/aromatic N) is 2. The normalized spacial score (nSPS) is 27.5. The van der Waals surface area contributed by atoms with Crippen molar-refractivity contribution in [2.75, 3.05) is 0 Å². The van der Waals surface area contributed by atoms with Crippen LogP contribution in [0, 0.1) is 5.92 Å². The number of hydrogen-bond donors (Lipinski definition) is 0. The van der Waals surface area contributed by atoms with Crippen LogP contribution in [0.4, 0.5) is 0 Å². The van der Waals surface area contributed by atoms with Crippen LogP contribution in [0.5, 0.6) is 0 Å². The van der Waals surface area contributed by atoms with E-state index in [1.54, 1.807) is 0 Å². The lowest BCUT2D eigenvalue weighted by molar-refractivity contribution is 1.22. The van der Waals surface area contributed by atoms with Crippen molar-refractivity contribution in [3.63, 3.8) is 0 Å². The van der Waals surface area contributed by atoms with Crippen molar-refractivity contribution in [2.24, 2.45) is 16.1 Å². The average Bonchev–Trinajstić information content (AvgIpc) is 2.32. The third kappa shape index (κ3) is 1.09. The van der Waals surface area contributed by atoms with Crippen LogP contribution in [0.15, 0.2) is 32.9 Å². The molecule has 0 N–H and O–H groups in total. The highest BCUT2D eigenvalue weighted by Crippen LogP contribution is 2.22. The lowest BCUT2D eigenvalue weighted by Crippen LogP contribution is -2.15. The first-order valence-electron chi connectivity index (χ1n) is 3.45. The zero-order chi connectivity index (χ0) is 7.84. The molecule has 1 aliphatic carbocycles. The maximum Gasteiger partial charge on any atom is 0.0767 e. The molecule has 2 nitrogen and oxygen atoms in total. The fourth-order valence-electron chi connectivity index (χ4n) is 1.21. The molecule has 11 heavy (non-hydrogen) atoms. The summed E-state index contributed by atoms with van der Waals surface area (Å²) in [5, 5.41) is 8.04. The van der Waals surface area contributed by atoms with Crippen LogP contribution in [0.25, 0.3) is 0 Å². The number of rotatable bonds is 0. The van der Waals surface area contributed by atoms with E-state index in [1.807, 2.05) is 19.1 Å². The van der Waals surface area contributed by atoms with E-state index in [0.717, 1.165) is 15.9 Å². The first-order valence-corrected chi connectivity index (χ1v) is 4.24. The summed E-state index contributed by atoms with van der Waals surface area (Å²) >= 11 is 3.39. The Kier molecular flexibility index (Phi) is 1.53. The third-order valence-corrected chi connectivity index (χ3v) is 2.32. The van der Waals surface area contributed by atoms with E-state index in [1.165, 1.54) is 0 Å². The van der Waals surface area contributed by atoms with Gasteiger partial charge < -0.3 is 0 Å². The fraction of sp³-hybridized carbons (Fsp3) is 0.250. The van der Waals surface area contributed by atoms with Gasteiger partial charge in [0.25, 0.3) is 0 Å². The van der Waals surface area contributed by atoms with Gasteiger partial charge in [-0.3, -0.25) is 0 Å². The van der Waals surface area contributed by atoms with Crippen LogP contribution in [0.2, 0.25) is 0 Å². The van der Waals surface area contributed by atoms with Gasteiger partial charge in [-0.05, 0) is 13.0 Å². The van der Waals surface area contributed by atoms with E-state index in [9.17, 15) is 0 Å². The third-order valence-electron chi connectivity index (χ3n) is 1.83. The lowest BCUT2D eigenvalue weighted by Gasteiger charge is -2.09. The van der Waals surface area contributed by atoms with Gasteiger partial charge in [-0.15, -0.1) is 0 Å². The van der Waals surface area contributed by atoms with Crippen molar-refractivity contribution >= 4 is 27.4 Å². The highest BCUT2D eigenvalue weighted by atomic mass is 79.9. The van der Waals surface area contributed by atoms with Gasteiger partial charge in [-0.2, -0.15) is 10.2 Å². The van der Waals surface area contributed by atoms with Crippen molar-refractivity contribution in [1.82, 2.24) is 0 Å². The molecule has 3 heteroatoms. The summed E-state index contributed by atoms with van der Waals surface area (Å²) in [6.07, 6.45) is 6.15. The smallest absolute Gasteiger partial charge is 0.0767 e. The Labute approximate surface area is 73.5 Å². The molecule has 0 aromatic heterocycles. The molecule has 1 aliphatic heterocycles. The van der Waals surface area contributed by atoms with Crippen LogP contribution < -0.4 is 0 Å². The summed E-state index contributed by atoms with van der Waals surface area (Å²) in [6.45, 7) is 2.00. The van der Waals surface area contributed by atoms with Crippen molar-refractivity contribution in [3.05, 3.63) is 22.7 Å². The minimum absolute atomic E-state index is 0.330. The lowest BCUT2D eigenvalue weighted by atomic mass is 9.95. The second-order valence-corrected chi connectivity index (χ2v) is 3.55. The van der Waals surface area contributed by atoms with Crippen LogP contribution >= 0.6 is 15.9 Å². The first-order chi connectivity index (χ1) is 5.27. The van der Waals surface area contributed by atoms with Gasteiger partial charge in [0, 0.05) is 4.48 Å². The quantitative estimate of drug-likeness (QED) is 0.587. The second kappa shape index (κ2) is 2.41. The van der Waals surface area contributed by atoms with E-state index >= 15 is 0 Å². The van der Waals surface area contributed by atoms with E-state index < -0.39 is 0 Å². The molecule has 0 aromatic carbocycles. The van der Waals surface area contributed by atoms with Gasteiger partial charge in [0.15, 0.2) is 0 Å². The van der Waals surface area contributed by atoms with Crippen LogP contribution in [0.1, 0.15) is 6.92 Å². The highest BCUT2D eigenvalue weighted by Gasteiger charge is 2.22. The zero-order valence-electron chi connectivity index (χ0n) is 6.08. The topological polar surface area (TPSA) is 24.7 Å². The highest BCUT2D eigenvalue weighted by molar-refractivity contribution is 9.11.